The van der Waals surface area contributed by atoms with Crippen molar-refractivity contribution >= 4 is 33.4 Å². The minimum Gasteiger partial charge on any atom is -0.340 e. The Balaban J connectivity index is 2.77. The van der Waals surface area contributed by atoms with Gasteiger partial charge in [0.2, 0.25) is 5.91 Å². The first-order valence-corrected chi connectivity index (χ1v) is 6.94. The van der Waals surface area contributed by atoms with Gasteiger partial charge in [-0.05, 0) is 25.5 Å². The van der Waals surface area contributed by atoms with E-state index in [1.807, 2.05) is 39.1 Å². The van der Waals surface area contributed by atoms with Gasteiger partial charge in [0.15, 0.2) is 0 Å². The molecular formula is C13H17BrClNO. The summed E-state index contributed by atoms with van der Waals surface area (Å²) in [6.07, 6.45) is 0.340. The summed E-state index contributed by atoms with van der Waals surface area (Å²) in [6.45, 7) is 4.04. The van der Waals surface area contributed by atoms with Crippen LogP contribution in [0.25, 0.3) is 0 Å². The largest absolute Gasteiger partial charge is 0.340 e. The lowest BCUT2D eigenvalue weighted by Crippen LogP contribution is -2.46. The van der Waals surface area contributed by atoms with E-state index in [0.29, 0.717) is 11.4 Å². The number of carbonyl (C=O) groups excluding carboxylic acids is 1. The first-order valence-electron chi connectivity index (χ1n) is 5.44. The Kier molecular flexibility index (Phi) is 5.02. The van der Waals surface area contributed by atoms with Crippen molar-refractivity contribution in [1.29, 1.82) is 0 Å². The van der Waals surface area contributed by atoms with E-state index in [1.165, 1.54) is 0 Å². The Morgan fingerprint density at radius 1 is 1.41 bits per heavy atom. The molecule has 0 atom stereocenters. The van der Waals surface area contributed by atoms with E-state index in [1.54, 1.807) is 11.0 Å². The quantitative estimate of drug-likeness (QED) is 0.778. The summed E-state index contributed by atoms with van der Waals surface area (Å²) in [5.41, 5.74) is 0.676. The molecule has 0 fully saturated rings. The van der Waals surface area contributed by atoms with Crippen LogP contribution in [0.4, 0.5) is 0 Å². The Hall–Kier alpha value is -0.540. The Bertz CT molecular complexity index is 406. The monoisotopic (exact) mass is 317 g/mol. The number of carbonyl (C=O) groups is 1. The molecule has 0 N–H and O–H groups in total. The summed E-state index contributed by atoms with van der Waals surface area (Å²) < 4.78 is 0. The van der Waals surface area contributed by atoms with Crippen LogP contribution in [0.2, 0.25) is 5.02 Å². The van der Waals surface area contributed by atoms with Crippen LogP contribution in [-0.2, 0) is 11.2 Å². The highest BCUT2D eigenvalue weighted by atomic mass is 79.9. The van der Waals surface area contributed by atoms with Crippen molar-refractivity contribution in [3.8, 4) is 0 Å². The van der Waals surface area contributed by atoms with Crippen LogP contribution in [0.1, 0.15) is 19.4 Å². The van der Waals surface area contributed by atoms with E-state index in [2.05, 4.69) is 15.9 Å². The zero-order valence-corrected chi connectivity index (χ0v) is 12.7. The van der Waals surface area contributed by atoms with E-state index in [9.17, 15) is 4.79 Å². The molecule has 0 aliphatic heterocycles. The fourth-order valence-corrected chi connectivity index (χ4v) is 1.93. The smallest absolute Gasteiger partial charge is 0.227 e. The first kappa shape index (κ1) is 14.5. The molecule has 0 unspecified atom stereocenters. The normalized spacial score (nSPS) is 11.4. The minimum atomic E-state index is -0.196. The topological polar surface area (TPSA) is 20.3 Å². The van der Waals surface area contributed by atoms with Crippen LogP contribution in [0.3, 0.4) is 0 Å². The second kappa shape index (κ2) is 5.87. The molecule has 0 bridgehead atoms. The van der Waals surface area contributed by atoms with Crippen LogP contribution < -0.4 is 0 Å². The molecule has 0 spiro atoms. The van der Waals surface area contributed by atoms with E-state index in [0.717, 1.165) is 10.9 Å². The SMILES string of the molecule is CN(C(=O)Cc1ccccc1Cl)C(C)(C)CBr. The molecule has 1 amide bonds. The number of amides is 1. The molecule has 1 aromatic rings. The summed E-state index contributed by atoms with van der Waals surface area (Å²) >= 11 is 9.46. The molecule has 17 heavy (non-hydrogen) atoms. The first-order chi connectivity index (χ1) is 7.88. The van der Waals surface area contributed by atoms with Gasteiger partial charge in [0, 0.05) is 22.9 Å². The van der Waals surface area contributed by atoms with Crippen LogP contribution in [0.5, 0.6) is 0 Å². The highest BCUT2D eigenvalue weighted by molar-refractivity contribution is 9.09. The Morgan fingerprint density at radius 2 is 2.00 bits per heavy atom. The lowest BCUT2D eigenvalue weighted by molar-refractivity contribution is -0.133. The summed E-state index contributed by atoms with van der Waals surface area (Å²) in [6, 6.07) is 7.45. The molecule has 0 aliphatic carbocycles. The molecular weight excluding hydrogens is 302 g/mol. The highest BCUT2D eigenvalue weighted by Crippen LogP contribution is 2.20. The van der Waals surface area contributed by atoms with Crippen LogP contribution in [0.15, 0.2) is 24.3 Å². The van der Waals surface area contributed by atoms with E-state index >= 15 is 0 Å². The number of benzene rings is 1. The molecule has 1 aromatic carbocycles. The fourth-order valence-electron chi connectivity index (χ4n) is 1.35. The Morgan fingerprint density at radius 3 is 2.53 bits per heavy atom. The minimum absolute atomic E-state index is 0.0718. The van der Waals surface area contributed by atoms with Gasteiger partial charge < -0.3 is 4.90 Å². The molecule has 0 aromatic heterocycles. The number of hydrogen-bond acceptors (Lipinski definition) is 1. The number of nitrogens with zero attached hydrogens (tertiary/aromatic N) is 1. The molecule has 94 valence electrons. The van der Waals surface area contributed by atoms with Gasteiger partial charge in [-0.1, -0.05) is 45.7 Å². The molecule has 1 rings (SSSR count). The second-order valence-electron chi connectivity index (χ2n) is 4.67. The summed E-state index contributed by atoms with van der Waals surface area (Å²) in [7, 11) is 1.82. The average molecular weight is 319 g/mol. The predicted octanol–water partition coefficient (Wildman–Crippen LogP) is 3.51. The second-order valence-corrected chi connectivity index (χ2v) is 5.63. The maximum absolute atomic E-state index is 12.1. The molecule has 2 nitrogen and oxygen atoms in total. The van der Waals surface area contributed by atoms with Crippen LogP contribution in [0, 0.1) is 0 Å². The van der Waals surface area contributed by atoms with Gasteiger partial charge in [0.05, 0.1) is 6.42 Å². The lowest BCUT2D eigenvalue weighted by atomic mass is 10.0. The van der Waals surface area contributed by atoms with Crippen molar-refractivity contribution in [2.75, 3.05) is 12.4 Å². The molecule has 0 saturated carbocycles. The van der Waals surface area contributed by atoms with Crippen molar-refractivity contribution in [3.05, 3.63) is 34.9 Å². The maximum atomic E-state index is 12.1. The summed E-state index contributed by atoms with van der Waals surface area (Å²) in [4.78, 5) is 13.9. The number of likely N-dealkylation sites (N-methyl/N-ethyl adjacent to an activating group) is 1. The van der Waals surface area contributed by atoms with E-state index in [-0.39, 0.29) is 11.4 Å². The third-order valence-corrected chi connectivity index (χ3v) is 4.65. The third kappa shape index (κ3) is 3.71. The van der Waals surface area contributed by atoms with Crippen molar-refractivity contribution in [2.24, 2.45) is 0 Å². The van der Waals surface area contributed by atoms with Crippen molar-refractivity contribution in [3.63, 3.8) is 0 Å². The average Bonchev–Trinajstić information content (AvgIpc) is 2.31. The zero-order chi connectivity index (χ0) is 13.1. The molecule has 0 aliphatic rings. The van der Waals surface area contributed by atoms with Crippen LogP contribution >= 0.6 is 27.5 Å². The van der Waals surface area contributed by atoms with Crippen LogP contribution in [-0.4, -0.2) is 28.7 Å². The molecule has 4 heteroatoms. The number of alkyl halides is 1. The molecule has 0 heterocycles. The lowest BCUT2D eigenvalue weighted by Gasteiger charge is -2.34. The van der Waals surface area contributed by atoms with Gasteiger partial charge in [-0.25, -0.2) is 0 Å². The van der Waals surface area contributed by atoms with Gasteiger partial charge in [-0.3, -0.25) is 4.79 Å². The molecule has 0 saturated heterocycles. The van der Waals surface area contributed by atoms with E-state index < -0.39 is 0 Å². The number of hydrogen-bond donors (Lipinski definition) is 0. The van der Waals surface area contributed by atoms with Crippen molar-refractivity contribution in [2.45, 2.75) is 25.8 Å². The molecule has 0 radical (unpaired) electrons. The predicted molar refractivity (Wildman–Crippen MR) is 75.8 cm³/mol. The fraction of sp³-hybridized carbons (Fsp3) is 0.462. The van der Waals surface area contributed by atoms with Crippen molar-refractivity contribution < 1.29 is 4.79 Å². The number of halogens is 2. The van der Waals surface area contributed by atoms with Gasteiger partial charge in [-0.2, -0.15) is 0 Å². The Labute approximate surface area is 116 Å². The zero-order valence-electron chi connectivity index (χ0n) is 10.3. The van der Waals surface area contributed by atoms with E-state index in [4.69, 9.17) is 11.6 Å². The standard InChI is InChI=1S/C13H17BrClNO/c1-13(2,9-14)16(3)12(17)8-10-6-4-5-7-11(10)15/h4-7H,8-9H2,1-3H3. The summed E-state index contributed by atoms with van der Waals surface area (Å²) in [5, 5.41) is 1.39. The van der Waals surface area contributed by atoms with Gasteiger partial charge in [-0.15, -0.1) is 0 Å². The summed E-state index contributed by atoms with van der Waals surface area (Å²) in [5.74, 6) is 0.0718. The third-order valence-electron chi connectivity index (χ3n) is 2.91. The highest BCUT2D eigenvalue weighted by Gasteiger charge is 2.26. The maximum Gasteiger partial charge on any atom is 0.227 e. The van der Waals surface area contributed by atoms with Gasteiger partial charge in [0.1, 0.15) is 0 Å². The van der Waals surface area contributed by atoms with Gasteiger partial charge in [0.25, 0.3) is 0 Å². The van der Waals surface area contributed by atoms with Gasteiger partial charge >= 0.3 is 0 Å². The van der Waals surface area contributed by atoms with Crippen molar-refractivity contribution in [1.82, 2.24) is 4.90 Å². The number of rotatable bonds is 4.